The number of hydrogen-bond donors (Lipinski definition) is 1. The molecule has 2 rings (SSSR count). The Morgan fingerprint density at radius 2 is 2.28 bits per heavy atom. The highest BCUT2D eigenvalue weighted by atomic mass is 19.1. The van der Waals surface area contributed by atoms with Crippen LogP contribution in [-0.4, -0.2) is 24.3 Å². The summed E-state index contributed by atoms with van der Waals surface area (Å²) >= 11 is 0. The topological polar surface area (TPSA) is 50.7 Å². The van der Waals surface area contributed by atoms with Gasteiger partial charge in [0.2, 0.25) is 6.10 Å². The first-order valence-electron chi connectivity index (χ1n) is 5.58. The third-order valence-corrected chi connectivity index (χ3v) is 2.56. The third kappa shape index (κ3) is 2.74. The molecule has 0 spiro atoms. The summed E-state index contributed by atoms with van der Waals surface area (Å²) in [5, 5.41) is 6.49. The fourth-order valence-corrected chi connectivity index (χ4v) is 1.62. The van der Waals surface area contributed by atoms with E-state index in [-0.39, 0.29) is 11.7 Å². The van der Waals surface area contributed by atoms with Gasteiger partial charge in [-0.2, -0.15) is 0 Å². The lowest BCUT2D eigenvalue weighted by molar-refractivity contribution is -0.130. The van der Waals surface area contributed by atoms with Gasteiger partial charge in [-0.1, -0.05) is 23.4 Å². The Kier molecular flexibility index (Phi) is 3.72. The predicted molar refractivity (Wildman–Crippen MR) is 65.6 cm³/mol. The molecule has 0 aromatic heterocycles. The summed E-state index contributed by atoms with van der Waals surface area (Å²) in [7, 11) is 0. The molecule has 0 radical (unpaired) electrons. The quantitative estimate of drug-likeness (QED) is 0.823. The maximum Gasteiger partial charge on any atom is 0.264 e. The molecule has 1 atom stereocenters. The summed E-state index contributed by atoms with van der Waals surface area (Å²) < 4.78 is 12.8. The van der Waals surface area contributed by atoms with E-state index in [4.69, 9.17) is 4.84 Å². The molecule has 1 heterocycles. The number of nitrogens with one attached hydrogen (secondary N) is 1. The standard InChI is InChI=1S/C13H13FN2O2/c1-2-7-15-13(17)12-8-11(16-18-12)9-3-5-10(14)6-4-9/h2-6,12H,1,7-8H2,(H,15,17)/t12-/m0/s1. The summed E-state index contributed by atoms with van der Waals surface area (Å²) in [5.41, 5.74) is 1.41. The van der Waals surface area contributed by atoms with Crippen molar-refractivity contribution in [1.29, 1.82) is 0 Å². The van der Waals surface area contributed by atoms with Gasteiger partial charge >= 0.3 is 0 Å². The van der Waals surface area contributed by atoms with Crippen LogP contribution in [0.3, 0.4) is 0 Å². The van der Waals surface area contributed by atoms with Gasteiger partial charge in [-0.15, -0.1) is 6.58 Å². The molecule has 0 unspecified atom stereocenters. The lowest BCUT2D eigenvalue weighted by Gasteiger charge is -2.07. The molecule has 0 aliphatic carbocycles. The maximum atomic E-state index is 12.8. The van der Waals surface area contributed by atoms with Gasteiger partial charge in [0.1, 0.15) is 5.82 Å². The van der Waals surface area contributed by atoms with Crippen LogP contribution in [0.1, 0.15) is 12.0 Å². The zero-order chi connectivity index (χ0) is 13.0. The lowest BCUT2D eigenvalue weighted by atomic mass is 10.0. The minimum Gasteiger partial charge on any atom is -0.382 e. The van der Waals surface area contributed by atoms with E-state index in [1.54, 1.807) is 18.2 Å². The predicted octanol–water partition coefficient (Wildman–Crippen LogP) is 1.62. The summed E-state index contributed by atoms with van der Waals surface area (Å²) in [6, 6.07) is 5.93. The van der Waals surface area contributed by atoms with Crippen LogP contribution in [0.4, 0.5) is 4.39 Å². The molecule has 1 aliphatic rings. The maximum absolute atomic E-state index is 12.8. The van der Waals surface area contributed by atoms with E-state index in [2.05, 4.69) is 17.1 Å². The van der Waals surface area contributed by atoms with Gasteiger partial charge < -0.3 is 10.2 Å². The molecule has 1 aliphatic heterocycles. The van der Waals surface area contributed by atoms with Gasteiger partial charge in [-0.25, -0.2) is 4.39 Å². The number of oxime groups is 1. The number of carbonyl (C=O) groups is 1. The van der Waals surface area contributed by atoms with Crippen molar-refractivity contribution in [3.63, 3.8) is 0 Å². The Hall–Kier alpha value is -2.17. The number of nitrogens with zero attached hydrogens (tertiary/aromatic N) is 1. The molecule has 1 amide bonds. The lowest BCUT2D eigenvalue weighted by Crippen LogP contribution is -2.34. The molecule has 0 saturated heterocycles. The second-order valence-electron chi connectivity index (χ2n) is 3.88. The molecule has 0 bridgehead atoms. The average molecular weight is 248 g/mol. The Morgan fingerprint density at radius 3 is 2.94 bits per heavy atom. The van der Waals surface area contributed by atoms with E-state index in [1.807, 2.05) is 0 Å². The monoisotopic (exact) mass is 248 g/mol. The van der Waals surface area contributed by atoms with Crippen molar-refractivity contribution in [1.82, 2.24) is 5.32 Å². The van der Waals surface area contributed by atoms with Crippen molar-refractivity contribution in [3.05, 3.63) is 48.3 Å². The van der Waals surface area contributed by atoms with E-state index >= 15 is 0 Å². The van der Waals surface area contributed by atoms with Crippen molar-refractivity contribution in [2.45, 2.75) is 12.5 Å². The normalized spacial score (nSPS) is 17.8. The summed E-state index contributed by atoms with van der Waals surface area (Å²) in [4.78, 5) is 16.7. The molecular formula is C13H13FN2O2. The van der Waals surface area contributed by atoms with Gasteiger partial charge in [0, 0.05) is 13.0 Å². The molecule has 1 aromatic carbocycles. The molecule has 4 nitrogen and oxygen atoms in total. The van der Waals surface area contributed by atoms with E-state index < -0.39 is 6.10 Å². The number of amides is 1. The highest BCUT2D eigenvalue weighted by Gasteiger charge is 2.28. The molecular weight excluding hydrogens is 235 g/mol. The van der Waals surface area contributed by atoms with Crippen LogP contribution in [0.15, 0.2) is 42.1 Å². The first-order valence-corrected chi connectivity index (χ1v) is 5.58. The number of halogens is 1. The number of benzene rings is 1. The number of carbonyl (C=O) groups excluding carboxylic acids is 1. The number of rotatable bonds is 4. The minimum atomic E-state index is -0.620. The first-order chi connectivity index (χ1) is 8.70. The SMILES string of the molecule is C=CCNC(=O)[C@@H]1CC(c2ccc(F)cc2)=NO1. The molecule has 5 heteroatoms. The van der Waals surface area contributed by atoms with Crippen LogP contribution in [0, 0.1) is 5.82 Å². The van der Waals surface area contributed by atoms with Crippen molar-refractivity contribution in [2.24, 2.45) is 5.16 Å². The van der Waals surface area contributed by atoms with Crippen LogP contribution in [-0.2, 0) is 9.63 Å². The number of hydrogen-bond acceptors (Lipinski definition) is 3. The average Bonchev–Trinajstić information content (AvgIpc) is 2.86. The molecule has 0 fully saturated rings. The smallest absolute Gasteiger partial charge is 0.264 e. The van der Waals surface area contributed by atoms with Crippen molar-refractivity contribution < 1.29 is 14.0 Å². The summed E-state index contributed by atoms with van der Waals surface area (Å²) in [6.07, 6.45) is 1.36. The van der Waals surface area contributed by atoms with E-state index in [9.17, 15) is 9.18 Å². The fraction of sp³-hybridized carbons (Fsp3) is 0.231. The second-order valence-corrected chi connectivity index (χ2v) is 3.88. The largest absolute Gasteiger partial charge is 0.382 e. The van der Waals surface area contributed by atoms with Crippen molar-refractivity contribution >= 4 is 11.6 Å². The molecule has 94 valence electrons. The summed E-state index contributed by atoms with van der Waals surface area (Å²) in [6.45, 7) is 3.90. The highest BCUT2D eigenvalue weighted by molar-refractivity contribution is 6.04. The van der Waals surface area contributed by atoms with Gasteiger partial charge in [0.15, 0.2) is 0 Å². The zero-order valence-electron chi connectivity index (χ0n) is 9.73. The fourth-order valence-electron chi connectivity index (χ4n) is 1.62. The van der Waals surface area contributed by atoms with Gasteiger partial charge in [0.05, 0.1) is 5.71 Å². The van der Waals surface area contributed by atoms with Crippen LogP contribution >= 0.6 is 0 Å². The van der Waals surface area contributed by atoms with Crippen LogP contribution in [0.25, 0.3) is 0 Å². The van der Waals surface area contributed by atoms with Gasteiger partial charge in [0.25, 0.3) is 5.91 Å². The van der Waals surface area contributed by atoms with Gasteiger partial charge in [-0.05, 0) is 17.7 Å². The minimum absolute atomic E-state index is 0.226. The highest BCUT2D eigenvalue weighted by Crippen LogP contribution is 2.17. The zero-order valence-corrected chi connectivity index (χ0v) is 9.73. The van der Waals surface area contributed by atoms with Gasteiger partial charge in [-0.3, -0.25) is 4.79 Å². The third-order valence-electron chi connectivity index (χ3n) is 2.56. The van der Waals surface area contributed by atoms with Crippen molar-refractivity contribution in [3.8, 4) is 0 Å². The molecule has 1 N–H and O–H groups in total. The molecule has 0 saturated carbocycles. The second kappa shape index (κ2) is 5.44. The Bertz CT molecular complexity index is 482. The molecule has 18 heavy (non-hydrogen) atoms. The van der Waals surface area contributed by atoms with E-state index in [1.165, 1.54) is 12.1 Å². The Balaban J connectivity index is 1.97. The Labute approximate surface area is 104 Å². The van der Waals surface area contributed by atoms with Crippen LogP contribution < -0.4 is 5.32 Å². The van der Waals surface area contributed by atoms with E-state index in [0.29, 0.717) is 18.7 Å². The summed E-state index contributed by atoms with van der Waals surface area (Å²) in [5.74, 6) is -0.533. The van der Waals surface area contributed by atoms with Crippen LogP contribution in [0.5, 0.6) is 0 Å². The first kappa shape index (κ1) is 12.3. The van der Waals surface area contributed by atoms with Crippen molar-refractivity contribution in [2.75, 3.05) is 6.54 Å². The van der Waals surface area contributed by atoms with E-state index in [0.717, 1.165) is 5.56 Å². The Morgan fingerprint density at radius 1 is 1.56 bits per heavy atom. The molecule has 1 aromatic rings. The van der Waals surface area contributed by atoms with Crippen LogP contribution in [0.2, 0.25) is 0 Å².